The number of rotatable bonds is 6. The van der Waals surface area contributed by atoms with Crippen LogP contribution in [0, 0.1) is 0 Å². The van der Waals surface area contributed by atoms with Crippen LogP contribution in [0.2, 0.25) is 5.02 Å². The molecule has 4 aromatic rings. The van der Waals surface area contributed by atoms with E-state index in [1.54, 1.807) is 42.9 Å². The third kappa shape index (κ3) is 4.52. The van der Waals surface area contributed by atoms with Gasteiger partial charge in [0.25, 0.3) is 0 Å². The number of pyridine rings is 2. The summed E-state index contributed by atoms with van der Waals surface area (Å²) >= 11 is 5.93. The highest BCUT2D eigenvalue weighted by Gasteiger charge is 2.13. The summed E-state index contributed by atoms with van der Waals surface area (Å²) in [4.78, 5) is 25.4. The molecule has 0 radical (unpaired) electrons. The van der Waals surface area contributed by atoms with E-state index in [9.17, 15) is 4.79 Å². The topological polar surface area (TPSA) is 84.7 Å². The zero-order valence-corrected chi connectivity index (χ0v) is 16.3. The summed E-state index contributed by atoms with van der Waals surface area (Å²) in [5.41, 5.74) is 3.29. The van der Waals surface area contributed by atoms with Gasteiger partial charge in [-0.05, 0) is 48.9 Å². The number of urea groups is 1. The van der Waals surface area contributed by atoms with Gasteiger partial charge in [-0.2, -0.15) is 0 Å². The van der Waals surface area contributed by atoms with Gasteiger partial charge in [-0.15, -0.1) is 0 Å². The first kappa shape index (κ1) is 18.9. The molecule has 7 nitrogen and oxygen atoms in total. The van der Waals surface area contributed by atoms with Gasteiger partial charge in [0.15, 0.2) is 5.65 Å². The van der Waals surface area contributed by atoms with Gasteiger partial charge in [0.2, 0.25) is 0 Å². The Labute approximate surface area is 172 Å². The smallest absolute Gasteiger partial charge is 0.319 e. The van der Waals surface area contributed by atoms with E-state index in [-0.39, 0.29) is 6.03 Å². The first-order valence-corrected chi connectivity index (χ1v) is 9.60. The van der Waals surface area contributed by atoms with Crippen molar-refractivity contribution in [2.75, 3.05) is 11.9 Å². The normalized spacial score (nSPS) is 10.8. The van der Waals surface area contributed by atoms with Crippen LogP contribution in [-0.4, -0.2) is 32.1 Å². The predicted molar refractivity (Wildman–Crippen MR) is 114 cm³/mol. The second-order valence-electron chi connectivity index (χ2n) is 6.41. The Morgan fingerprint density at radius 2 is 1.93 bits per heavy atom. The molecule has 0 unspecified atom stereocenters. The van der Waals surface area contributed by atoms with E-state index in [0.29, 0.717) is 23.8 Å². The molecule has 0 atom stereocenters. The van der Waals surface area contributed by atoms with Gasteiger partial charge in [-0.3, -0.25) is 4.98 Å². The number of hydrogen-bond acceptors (Lipinski definition) is 4. The van der Waals surface area contributed by atoms with E-state index in [1.807, 2.05) is 24.3 Å². The third-order valence-corrected chi connectivity index (χ3v) is 4.60. The molecule has 1 aromatic carbocycles. The molecule has 2 N–H and O–H groups in total. The standard InChI is InChI=1S/C21H19ClN6O/c22-16-4-1-5-17(14-16)26-21(29)25-10-3-13-28-19(15-7-11-23-12-8-15)27-18-6-2-9-24-20(18)28/h1-2,4-9,11-12,14H,3,10,13H2,(H2,25,26,29). The van der Waals surface area contributed by atoms with Crippen molar-refractivity contribution in [1.82, 2.24) is 24.8 Å². The molecule has 0 spiro atoms. The van der Waals surface area contributed by atoms with Crippen LogP contribution in [0.1, 0.15) is 6.42 Å². The Morgan fingerprint density at radius 1 is 1.07 bits per heavy atom. The van der Waals surface area contributed by atoms with Gasteiger partial charge in [0, 0.05) is 48.0 Å². The maximum atomic E-state index is 12.1. The molecule has 2 amide bonds. The maximum Gasteiger partial charge on any atom is 0.319 e. The van der Waals surface area contributed by atoms with E-state index >= 15 is 0 Å². The van der Waals surface area contributed by atoms with Crippen LogP contribution >= 0.6 is 11.6 Å². The second kappa shape index (κ2) is 8.70. The molecule has 8 heteroatoms. The quantitative estimate of drug-likeness (QED) is 0.466. The number of carbonyl (C=O) groups is 1. The number of nitrogens with zero attached hydrogens (tertiary/aromatic N) is 4. The summed E-state index contributed by atoms with van der Waals surface area (Å²) in [7, 11) is 0. The average Bonchev–Trinajstić information content (AvgIpc) is 3.10. The van der Waals surface area contributed by atoms with Crippen molar-refractivity contribution in [3.05, 3.63) is 72.1 Å². The number of aryl methyl sites for hydroxylation is 1. The summed E-state index contributed by atoms with van der Waals surface area (Å²) in [6.07, 6.45) is 5.97. The number of amides is 2. The average molecular weight is 407 g/mol. The van der Waals surface area contributed by atoms with E-state index < -0.39 is 0 Å². The fraction of sp³-hybridized carbons (Fsp3) is 0.143. The number of anilines is 1. The lowest BCUT2D eigenvalue weighted by Crippen LogP contribution is -2.30. The Bertz CT molecular complexity index is 1130. The van der Waals surface area contributed by atoms with Crippen molar-refractivity contribution in [2.24, 2.45) is 0 Å². The van der Waals surface area contributed by atoms with Crippen LogP contribution in [0.4, 0.5) is 10.5 Å². The minimum absolute atomic E-state index is 0.268. The minimum atomic E-state index is -0.268. The fourth-order valence-corrected chi connectivity index (χ4v) is 3.26. The summed E-state index contributed by atoms with van der Waals surface area (Å²) in [6.45, 7) is 1.18. The van der Waals surface area contributed by atoms with Crippen molar-refractivity contribution in [1.29, 1.82) is 0 Å². The first-order valence-electron chi connectivity index (χ1n) is 9.23. The molecule has 0 aliphatic heterocycles. The molecule has 0 fully saturated rings. The van der Waals surface area contributed by atoms with Crippen molar-refractivity contribution in [3.63, 3.8) is 0 Å². The van der Waals surface area contributed by atoms with Crippen molar-refractivity contribution in [2.45, 2.75) is 13.0 Å². The van der Waals surface area contributed by atoms with Crippen LogP contribution in [0.25, 0.3) is 22.6 Å². The van der Waals surface area contributed by atoms with Gasteiger partial charge < -0.3 is 15.2 Å². The fourth-order valence-electron chi connectivity index (χ4n) is 3.07. The predicted octanol–water partition coefficient (Wildman–Crippen LogP) is 4.36. The minimum Gasteiger partial charge on any atom is -0.338 e. The van der Waals surface area contributed by atoms with Crippen molar-refractivity contribution in [3.8, 4) is 11.4 Å². The van der Waals surface area contributed by atoms with Crippen LogP contribution in [0.5, 0.6) is 0 Å². The lowest BCUT2D eigenvalue weighted by Gasteiger charge is -2.10. The van der Waals surface area contributed by atoms with Gasteiger partial charge in [0.1, 0.15) is 11.3 Å². The number of halogens is 1. The molecule has 3 aromatic heterocycles. The van der Waals surface area contributed by atoms with Crippen LogP contribution < -0.4 is 10.6 Å². The molecular weight excluding hydrogens is 388 g/mol. The van der Waals surface area contributed by atoms with Gasteiger partial charge in [-0.1, -0.05) is 17.7 Å². The molecule has 0 bridgehead atoms. The summed E-state index contributed by atoms with van der Waals surface area (Å²) < 4.78 is 2.07. The largest absolute Gasteiger partial charge is 0.338 e. The molecule has 146 valence electrons. The SMILES string of the molecule is O=C(NCCCn1c(-c2ccncc2)nc2cccnc21)Nc1cccc(Cl)c1. The van der Waals surface area contributed by atoms with Gasteiger partial charge in [0.05, 0.1) is 0 Å². The molecule has 4 rings (SSSR count). The lowest BCUT2D eigenvalue weighted by molar-refractivity contribution is 0.252. The van der Waals surface area contributed by atoms with Crippen molar-refractivity contribution >= 4 is 34.5 Å². The van der Waals surface area contributed by atoms with Crippen LogP contribution in [0.3, 0.4) is 0 Å². The van der Waals surface area contributed by atoms with E-state index in [0.717, 1.165) is 29.0 Å². The molecule has 0 saturated heterocycles. The number of fused-ring (bicyclic) bond motifs is 1. The Kier molecular flexibility index (Phi) is 5.67. The summed E-state index contributed by atoms with van der Waals surface area (Å²) in [5, 5.41) is 6.21. The van der Waals surface area contributed by atoms with Gasteiger partial charge in [-0.25, -0.2) is 14.8 Å². The van der Waals surface area contributed by atoms with Gasteiger partial charge >= 0.3 is 6.03 Å². The zero-order chi connectivity index (χ0) is 20.1. The maximum absolute atomic E-state index is 12.1. The number of aromatic nitrogens is 4. The Balaban J connectivity index is 1.41. The van der Waals surface area contributed by atoms with E-state index in [1.165, 1.54) is 0 Å². The monoisotopic (exact) mass is 406 g/mol. The van der Waals surface area contributed by atoms with Crippen molar-refractivity contribution < 1.29 is 4.79 Å². The highest BCUT2D eigenvalue weighted by atomic mass is 35.5. The molecule has 3 heterocycles. The lowest BCUT2D eigenvalue weighted by atomic mass is 10.2. The molecule has 29 heavy (non-hydrogen) atoms. The van der Waals surface area contributed by atoms with E-state index in [4.69, 9.17) is 16.6 Å². The number of carbonyl (C=O) groups excluding carboxylic acids is 1. The number of imidazole rings is 1. The number of benzene rings is 1. The molecule has 0 aliphatic rings. The van der Waals surface area contributed by atoms with Crippen LogP contribution in [-0.2, 0) is 6.54 Å². The van der Waals surface area contributed by atoms with E-state index in [2.05, 4.69) is 25.2 Å². The third-order valence-electron chi connectivity index (χ3n) is 4.37. The summed E-state index contributed by atoms with van der Waals surface area (Å²) in [5.74, 6) is 0.837. The Morgan fingerprint density at radius 3 is 2.76 bits per heavy atom. The number of nitrogens with one attached hydrogen (secondary N) is 2. The molecular formula is C21H19ClN6O. The second-order valence-corrected chi connectivity index (χ2v) is 6.85. The van der Waals surface area contributed by atoms with Crippen LogP contribution in [0.15, 0.2) is 67.1 Å². The Hall–Kier alpha value is -3.45. The highest BCUT2D eigenvalue weighted by molar-refractivity contribution is 6.30. The first-order chi connectivity index (χ1) is 14.2. The zero-order valence-electron chi connectivity index (χ0n) is 15.5. The molecule has 0 aliphatic carbocycles. The highest BCUT2D eigenvalue weighted by Crippen LogP contribution is 2.23. The molecule has 0 saturated carbocycles. The number of hydrogen-bond donors (Lipinski definition) is 2. The summed E-state index contributed by atoms with van der Waals surface area (Å²) in [6, 6.07) is 14.4.